The summed E-state index contributed by atoms with van der Waals surface area (Å²) in [7, 11) is 0. The van der Waals surface area contributed by atoms with E-state index in [1.165, 1.54) is 24.1 Å². The molecular formula is C12H14N2O3. The van der Waals surface area contributed by atoms with Gasteiger partial charge >= 0.3 is 5.97 Å². The molecule has 1 heterocycles. The van der Waals surface area contributed by atoms with E-state index in [0.29, 0.717) is 11.4 Å². The maximum atomic E-state index is 11.5. The number of carboxylic acids is 1. The molecule has 0 saturated heterocycles. The molecule has 0 atom stereocenters. The summed E-state index contributed by atoms with van der Waals surface area (Å²) in [5.41, 5.74) is 0.893. The fraction of sp³-hybridized carbons (Fsp3) is 0.250. The number of aromatic nitrogens is 1. The predicted octanol–water partition coefficient (Wildman–Crippen LogP) is 1.63. The topological polar surface area (TPSA) is 70.5 Å². The molecule has 1 N–H and O–H groups in total. The van der Waals surface area contributed by atoms with Crippen LogP contribution in [0.5, 0.6) is 0 Å². The molecule has 0 unspecified atom stereocenters. The molecule has 5 nitrogen and oxygen atoms in total. The van der Waals surface area contributed by atoms with Crippen molar-refractivity contribution in [1.29, 1.82) is 0 Å². The fourth-order valence-electron chi connectivity index (χ4n) is 1.58. The van der Waals surface area contributed by atoms with Gasteiger partial charge in [0.25, 0.3) is 0 Å². The normalized spacial score (nSPS) is 9.76. The van der Waals surface area contributed by atoms with Gasteiger partial charge in [-0.2, -0.15) is 0 Å². The zero-order chi connectivity index (χ0) is 13.0. The Morgan fingerprint density at radius 2 is 2.24 bits per heavy atom. The van der Waals surface area contributed by atoms with E-state index in [1.54, 1.807) is 13.0 Å². The van der Waals surface area contributed by atoms with Crippen molar-refractivity contribution in [3.05, 3.63) is 36.2 Å². The predicted molar refractivity (Wildman–Crippen MR) is 64.2 cm³/mol. The van der Waals surface area contributed by atoms with Crippen LogP contribution < -0.4 is 4.90 Å². The highest BCUT2D eigenvalue weighted by Crippen LogP contribution is 2.23. The summed E-state index contributed by atoms with van der Waals surface area (Å²) in [6.07, 6.45) is 2.95. The lowest BCUT2D eigenvalue weighted by atomic mass is 10.1. The standard InChI is InChI=1S/C12H14N2O3/c1-4-7-14(9(3)15)11-8(2)13-6-5-10(11)12(16)17/h4-6H,1,7H2,2-3H3,(H,16,17). The van der Waals surface area contributed by atoms with Gasteiger partial charge in [0.2, 0.25) is 5.91 Å². The van der Waals surface area contributed by atoms with E-state index in [9.17, 15) is 9.59 Å². The second-order valence-electron chi connectivity index (χ2n) is 3.52. The van der Waals surface area contributed by atoms with Gasteiger partial charge in [0.15, 0.2) is 0 Å². The maximum Gasteiger partial charge on any atom is 0.337 e. The van der Waals surface area contributed by atoms with Crippen molar-refractivity contribution in [3.63, 3.8) is 0 Å². The molecule has 0 aliphatic heterocycles. The van der Waals surface area contributed by atoms with Gasteiger partial charge in [-0.3, -0.25) is 9.78 Å². The van der Waals surface area contributed by atoms with E-state index in [4.69, 9.17) is 5.11 Å². The van der Waals surface area contributed by atoms with Crippen LogP contribution in [0.3, 0.4) is 0 Å². The summed E-state index contributed by atoms with van der Waals surface area (Å²) >= 11 is 0. The number of hydrogen-bond donors (Lipinski definition) is 1. The van der Waals surface area contributed by atoms with Gasteiger partial charge in [0.05, 0.1) is 16.9 Å². The van der Waals surface area contributed by atoms with E-state index in [1.807, 2.05) is 0 Å². The van der Waals surface area contributed by atoms with Crippen LogP contribution in [0.2, 0.25) is 0 Å². The molecule has 0 aromatic carbocycles. The summed E-state index contributed by atoms with van der Waals surface area (Å²) in [6.45, 7) is 6.85. The van der Waals surface area contributed by atoms with Crippen molar-refractivity contribution < 1.29 is 14.7 Å². The first-order valence-electron chi connectivity index (χ1n) is 5.07. The molecule has 17 heavy (non-hydrogen) atoms. The molecule has 1 amide bonds. The third kappa shape index (κ3) is 2.69. The summed E-state index contributed by atoms with van der Waals surface area (Å²) in [4.78, 5) is 28.0. The largest absolute Gasteiger partial charge is 0.478 e. The highest BCUT2D eigenvalue weighted by molar-refractivity contribution is 6.01. The Morgan fingerprint density at radius 1 is 1.59 bits per heavy atom. The number of aromatic carboxylic acids is 1. The van der Waals surface area contributed by atoms with Crippen molar-refractivity contribution in [2.75, 3.05) is 11.4 Å². The molecule has 1 aromatic rings. The lowest BCUT2D eigenvalue weighted by Crippen LogP contribution is -2.31. The molecule has 1 aromatic heterocycles. The lowest BCUT2D eigenvalue weighted by molar-refractivity contribution is -0.116. The summed E-state index contributed by atoms with van der Waals surface area (Å²) in [5.74, 6) is -1.33. The Kier molecular flexibility index (Phi) is 3.98. The first-order chi connectivity index (χ1) is 7.99. The minimum Gasteiger partial charge on any atom is -0.478 e. The molecule has 0 saturated carbocycles. The van der Waals surface area contributed by atoms with Gasteiger partial charge in [-0.25, -0.2) is 4.79 Å². The van der Waals surface area contributed by atoms with E-state index in [0.717, 1.165) is 0 Å². The number of rotatable bonds is 4. The van der Waals surface area contributed by atoms with Crippen LogP contribution in [0.25, 0.3) is 0 Å². The Morgan fingerprint density at radius 3 is 2.71 bits per heavy atom. The molecule has 0 radical (unpaired) electrons. The number of carbonyl (C=O) groups is 2. The van der Waals surface area contributed by atoms with Crippen molar-refractivity contribution in [2.45, 2.75) is 13.8 Å². The van der Waals surface area contributed by atoms with Gasteiger partial charge in [-0.1, -0.05) is 6.08 Å². The summed E-state index contributed by atoms with van der Waals surface area (Å²) in [6, 6.07) is 1.38. The van der Waals surface area contributed by atoms with Crippen LogP contribution in [0, 0.1) is 6.92 Å². The highest BCUT2D eigenvalue weighted by Gasteiger charge is 2.20. The molecule has 1 rings (SSSR count). The molecule has 0 aliphatic carbocycles. The minimum absolute atomic E-state index is 0.0644. The number of amides is 1. The van der Waals surface area contributed by atoms with E-state index < -0.39 is 5.97 Å². The molecular weight excluding hydrogens is 220 g/mol. The zero-order valence-electron chi connectivity index (χ0n) is 9.80. The van der Waals surface area contributed by atoms with Gasteiger partial charge < -0.3 is 10.0 Å². The smallest absolute Gasteiger partial charge is 0.337 e. The molecule has 0 bridgehead atoms. The van der Waals surface area contributed by atoms with Crippen molar-refractivity contribution in [2.24, 2.45) is 0 Å². The monoisotopic (exact) mass is 234 g/mol. The van der Waals surface area contributed by atoms with Crippen molar-refractivity contribution in [3.8, 4) is 0 Å². The Labute approximate surface area is 99.4 Å². The third-order valence-corrected chi connectivity index (χ3v) is 2.30. The van der Waals surface area contributed by atoms with Crippen LogP contribution in [0.15, 0.2) is 24.9 Å². The highest BCUT2D eigenvalue weighted by atomic mass is 16.4. The Balaban J connectivity index is 3.39. The molecule has 0 fully saturated rings. The number of carbonyl (C=O) groups excluding carboxylic acids is 1. The molecule has 0 spiro atoms. The summed E-state index contributed by atoms with van der Waals surface area (Å²) in [5, 5.41) is 9.10. The Bertz CT molecular complexity index is 469. The number of nitrogens with zero attached hydrogens (tertiary/aromatic N) is 2. The average Bonchev–Trinajstić information content (AvgIpc) is 2.25. The molecule has 5 heteroatoms. The van der Waals surface area contributed by atoms with E-state index in [2.05, 4.69) is 11.6 Å². The second-order valence-corrected chi connectivity index (χ2v) is 3.52. The van der Waals surface area contributed by atoms with Crippen LogP contribution in [-0.2, 0) is 4.79 Å². The number of pyridine rings is 1. The fourth-order valence-corrected chi connectivity index (χ4v) is 1.58. The van der Waals surface area contributed by atoms with E-state index >= 15 is 0 Å². The van der Waals surface area contributed by atoms with Crippen LogP contribution in [0.1, 0.15) is 23.0 Å². The maximum absolute atomic E-state index is 11.5. The van der Waals surface area contributed by atoms with Crippen LogP contribution in [-0.4, -0.2) is 28.5 Å². The minimum atomic E-state index is -1.08. The van der Waals surface area contributed by atoms with Crippen molar-refractivity contribution in [1.82, 2.24) is 4.98 Å². The van der Waals surface area contributed by atoms with Crippen molar-refractivity contribution >= 4 is 17.6 Å². The number of anilines is 1. The van der Waals surface area contributed by atoms with Gasteiger partial charge in [-0.05, 0) is 13.0 Å². The number of hydrogen-bond acceptors (Lipinski definition) is 3. The zero-order valence-corrected chi connectivity index (χ0v) is 9.80. The molecule has 0 aliphatic rings. The Hall–Kier alpha value is -2.17. The average molecular weight is 234 g/mol. The first-order valence-corrected chi connectivity index (χ1v) is 5.07. The van der Waals surface area contributed by atoms with Gasteiger partial charge in [-0.15, -0.1) is 6.58 Å². The molecule has 90 valence electrons. The second kappa shape index (κ2) is 5.25. The SMILES string of the molecule is C=CCN(C(C)=O)c1c(C(=O)O)ccnc1C. The van der Waals surface area contributed by atoms with Crippen LogP contribution >= 0.6 is 0 Å². The number of aryl methyl sites for hydroxylation is 1. The third-order valence-electron chi connectivity index (χ3n) is 2.30. The van der Waals surface area contributed by atoms with E-state index in [-0.39, 0.29) is 18.0 Å². The number of carboxylic acid groups (broad SMARTS) is 1. The quantitative estimate of drug-likeness (QED) is 0.804. The lowest BCUT2D eigenvalue weighted by Gasteiger charge is -2.22. The van der Waals surface area contributed by atoms with Gasteiger partial charge in [0.1, 0.15) is 0 Å². The van der Waals surface area contributed by atoms with Gasteiger partial charge in [0, 0.05) is 19.7 Å². The summed E-state index contributed by atoms with van der Waals surface area (Å²) < 4.78 is 0. The first kappa shape index (κ1) is 12.9. The van der Waals surface area contributed by atoms with Crippen LogP contribution in [0.4, 0.5) is 5.69 Å².